The second-order valence-electron chi connectivity index (χ2n) is 9.42. The lowest BCUT2D eigenvalue weighted by molar-refractivity contribution is -0.148. The standard InChI is InChI=1S/C20H34N7O9P/c1-6-7-11-13-14(27(33)22-11)17(30)26(25-21-13)18-16(29)15(28)12(36-18)8-35-20(19(31)32)37(34,23-9(2)3)24-10(4)5/h9-10,12,15-16,18,20,28-29,33H,6-8H2,1-5H3,(H,31,32)(H2,23,24,34). The third-order valence-electron chi connectivity index (χ3n) is 5.49. The maximum Gasteiger partial charge on any atom is 0.343 e. The van der Waals surface area contributed by atoms with Gasteiger partial charge in [-0.2, -0.15) is 4.68 Å². The number of aliphatic carboxylic acids is 1. The summed E-state index contributed by atoms with van der Waals surface area (Å²) in [6.45, 7) is 8.07. The number of aliphatic hydroxyl groups excluding tert-OH is 2. The van der Waals surface area contributed by atoms with E-state index >= 15 is 0 Å². The van der Waals surface area contributed by atoms with Gasteiger partial charge in [0.2, 0.25) is 5.85 Å². The molecule has 5 unspecified atom stereocenters. The van der Waals surface area contributed by atoms with Gasteiger partial charge in [-0.3, -0.25) is 9.36 Å². The molecule has 2 aromatic heterocycles. The number of aliphatic hydroxyl groups is 2. The van der Waals surface area contributed by atoms with Gasteiger partial charge in [-0.15, -0.1) is 10.2 Å². The Balaban J connectivity index is 1.84. The lowest BCUT2D eigenvalue weighted by Gasteiger charge is -2.30. The van der Waals surface area contributed by atoms with Crippen LogP contribution in [0.15, 0.2) is 4.79 Å². The van der Waals surface area contributed by atoms with E-state index in [1.54, 1.807) is 27.7 Å². The number of aromatic nitrogens is 5. The van der Waals surface area contributed by atoms with Crippen LogP contribution in [0.1, 0.15) is 53.0 Å². The molecule has 208 valence electrons. The van der Waals surface area contributed by atoms with Crippen LogP contribution in [0.5, 0.6) is 0 Å². The van der Waals surface area contributed by atoms with Gasteiger partial charge in [0.25, 0.3) is 7.44 Å². The van der Waals surface area contributed by atoms with Crippen LogP contribution in [-0.4, -0.2) is 94.3 Å². The number of nitrogens with one attached hydrogen (secondary N) is 2. The molecule has 6 N–H and O–H groups in total. The lowest BCUT2D eigenvalue weighted by atomic mass is 10.1. The van der Waals surface area contributed by atoms with E-state index < -0.39 is 56.0 Å². The molecule has 17 heteroatoms. The first-order valence-corrected chi connectivity index (χ1v) is 13.7. The smallest absolute Gasteiger partial charge is 0.343 e. The zero-order chi connectivity index (χ0) is 27.7. The molecule has 0 aliphatic carbocycles. The van der Waals surface area contributed by atoms with Crippen LogP contribution in [0.3, 0.4) is 0 Å². The van der Waals surface area contributed by atoms with Crippen molar-refractivity contribution in [1.82, 2.24) is 35.1 Å². The van der Waals surface area contributed by atoms with Crippen molar-refractivity contribution in [3.05, 3.63) is 16.0 Å². The lowest BCUT2D eigenvalue weighted by Crippen LogP contribution is -2.43. The summed E-state index contributed by atoms with van der Waals surface area (Å²) in [4.78, 5) is 25.4. The van der Waals surface area contributed by atoms with Crippen LogP contribution in [-0.2, 0) is 25.3 Å². The number of hydrogen-bond acceptors (Lipinski definition) is 11. The van der Waals surface area contributed by atoms with Gasteiger partial charge in [-0.1, -0.05) is 23.4 Å². The number of rotatable bonds is 12. The third kappa shape index (κ3) is 6.00. The number of aryl methyl sites for hydroxylation is 1. The maximum atomic E-state index is 13.5. The first-order valence-electron chi connectivity index (χ1n) is 11.9. The number of carboxylic acid groups (broad SMARTS) is 1. The van der Waals surface area contributed by atoms with Gasteiger partial charge in [0.15, 0.2) is 11.7 Å². The highest BCUT2D eigenvalue weighted by Gasteiger charge is 2.47. The summed E-state index contributed by atoms with van der Waals surface area (Å²) in [5.74, 6) is -3.36. The minimum absolute atomic E-state index is 0.0916. The van der Waals surface area contributed by atoms with Crippen LogP contribution in [0.4, 0.5) is 0 Å². The first kappa shape index (κ1) is 29.1. The van der Waals surface area contributed by atoms with Gasteiger partial charge in [0.05, 0.1) is 12.3 Å². The number of hydrogen-bond donors (Lipinski definition) is 6. The number of nitrogens with zero attached hydrogens (tertiary/aromatic N) is 5. The summed E-state index contributed by atoms with van der Waals surface area (Å²) in [6.07, 6.45) is -5.02. The number of carboxylic acids is 1. The molecule has 1 aliphatic rings. The molecule has 0 aromatic carbocycles. The van der Waals surface area contributed by atoms with E-state index in [9.17, 15) is 34.7 Å². The third-order valence-corrected chi connectivity index (χ3v) is 8.32. The van der Waals surface area contributed by atoms with Gasteiger partial charge >= 0.3 is 11.5 Å². The molecule has 1 saturated heterocycles. The van der Waals surface area contributed by atoms with E-state index in [0.717, 1.165) is 0 Å². The van der Waals surface area contributed by atoms with Crippen LogP contribution in [0.25, 0.3) is 11.0 Å². The summed E-state index contributed by atoms with van der Waals surface area (Å²) in [6, 6.07) is -0.694. The Kier molecular flexibility index (Phi) is 9.06. The molecule has 5 atom stereocenters. The molecule has 0 bridgehead atoms. The normalized spacial score (nSPS) is 23.4. The Morgan fingerprint density at radius 2 is 1.81 bits per heavy atom. The van der Waals surface area contributed by atoms with Crippen LogP contribution >= 0.6 is 7.44 Å². The molecule has 0 saturated carbocycles. The van der Waals surface area contributed by atoms with Crippen molar-refractivity contribution in [2.45, 2.75) is 89.9 Å². The Labute approximate surface area is 212 Å². The number of ether oxygens (including phenoxy) is 2. The first-order chi connectivity index (χ1) is 17.3. The van der Waals surface area contributed by atoms with Crippen molar-refractivity contribution < 1.29 is 39.4 Å². The fourth-order valence-corrected chi connectivity index (χ4v) is 6.56. The molecule has 3 heterocycles. The highest BCUT2D eigenvalue weighted by molar-refractivity contribution is 7.61. The highest BCUT2D eigenvalue weighted by atomic mass is 31.2. The average Bonchev–Trinajstić information content (AvgIpc) is 3.24. The molecule has 1 aliphatic heterocycles. The van der Waals surface area contributed by atoms with E-state index in [-0.39, 0.29) is 23.1 Å². The van der Waals surface area contributed by atoms with E-state index in [4.69, 9.17) is 9.47 Å². The van der Waals surface area contributed by atoms with E-state index in [1.165, 1.54) is 0 Å². The molecule has 16 nitrogen and oxygen atoms in total. The molecule has 3 rings (SSSR count). The minimum atomic E-state index is -3.84. The molecule has 0 radical (unpaired) electrons. The Morgan fingerprint density at radius 3 is 2.35 bits per heavy atom. The molecule has 37 heavy (non-hydrogen) atoms. The van der Waals surface area contributed by atoms with E-state index in [2.05, 4.69) is 25.6 Å². The SMILES string of the molecule is CCCc1nn(O)c2c(=O)n(C3OC(COC(C(=O)O)P(=O)(NC(C)C)NC(C)C)C(O)C3O)nnc12. The second kappa shape index (κ2) is 11.5. The van der Waals surface area contributed by atoms with E-state index in [1.807, 2.05) is 6.92 Å². The van der Waals surface area contributed by atoms with Crippen LogP contribution < -0.4 is 15.7 Å². The fourth-order valence-electron chi connectivity index (χ4n) is 4.08. The zero-order valence-electron chi connectivity index (χ0n) is 21.2. The molecule has 0 spiro atoms. The fraction of sp³-hybridized carbons (Fsp3) is 0.750. The zero-order valence-corrected chi connectivity index (χ0v) is 22.1. The maximum absolute atomic E-state index is 13.5. The Bertz CT molecular complexity index is 1200. The number of carbonyl (C=O) groups is 1. The predicted octanol–water partition coefficient (Wildman–Crippen LogP) is -0.587. The van der Waals surface area contributed by atoms with Gasteiger partial charge in [-0.25, -0.2) is 15.0 Å². The Hall–Kier alpha value is -2.46. The summed E-state index contributed by atoms with van der Waals surface area (Å²) >= 11 is 0. The quantitative estimate of drug-likeness (QED) is 0.144. The van der Waals surface area contributed by atoms with Crippen molar-refractivity contribution in [3.8, 4) is 0 Å². The molecule has 0 amide bonds. The van der Waals surface area contributed by atoms with Crippen molar-refractivity contribution in [2.75, 3.05) is 6.61 Å². The van der Waals surface area contributed by atoms with Crippen molar-refractivity contribution in [1.29, 1.82) is 0 Å². The average molecular weight is 548 g/mol. The predicted molar refractivity (Wildman–Crippen MR) is 128 cm³/mol. The van der Waals surface area contributed by atoms with Crippen LogP contribution in [0.2, 0.25) is 0 Å². The van der Waals surface area contributed by atoms with Gasteiger partial charge in [-0.05, 0) is 34.1 Å². The minimum Gasteiger partial charge on any atom is -0.479 e. The van der Waals surface area contributed by atoms with Gasteiger partial charge in [0, 0.05) is 12.1 Å². The Morgan fingerprint density at radius 1 is 1.19 bits per heavy atom. The molecule has 1 fully saturated rings. The topological polar surface area (TPSA) is 223 Å². The molecular formula is C20H34N7O9P. The monoisotopic (exact) mass is 547 g/mol. The van der Waals surface area contributed by atoms with Gasteiger partial charge < -0.3 is 30.0 Å². The number of fused-ring (bicyclic) bond motifs is 1. The van der Waals surface area contributed by atoms with Gasteiger partial charge in [0.1, 0.15) is 23.8 Å². The van der Waals surface area contributed by atoms with Crippen molar-refractivity contribution in [3.63, 3.8) is 0 Å². The van der Waals surface area contributed by atoms with Crippen molar-refractivity contribution in [2.24, 2.45) is 0 Å². The second-order valence-corrected chi connectivity index (χ2v) is 11.7. The summed E-state index contributed by atoms with van der Waals surface area (Å²) in [5.41, 5.74) is -0.704. The van der Waals surface area contributed by atoms with Crippen molar-refractivity contribution >= 4 is 24.4 Å². The summed E-state index contributed by atoms with van der Waals surface area (Å²) < 4.78 is 25.2. The summed E-state index contributed by atoms with van der Waals surface area (Å²) in [5, 5.41) is 58.0. The largest absolute Gasteiger partial charge is 0.479 e. The summed E-state index contributed by atoms with van der Waals surface area (Å²) in [7, 11) is -3.84. The molecule has 2 aromatic rings. The highest BCUT2D eigenvalue weighted by Crippen LogP contribution is 2.44. The van der Waals surface area contributed by atoms with Crippen LogP contribution in [0, 0.1) is 0 Å². The van der Waals surface area contributed by atoms with E-state index in [0.29, 0.717) is 28.1 Å². The molecular weight excluding hydrogens is 513 g/mol.